The molecule has 0 heterocycles. The van der Waals surface area contributed by atoms with Gasteiger partial charge < -0.3 is 18.9 Å². The Hall–Kier alpha value is -0.580. The van der Waals surface area contributed by atoms with E-state index in [1.165, 1.54) is 89.9 Å². The van der Waals surface area contributed by atoms with Crippen molar-refractivity contribution in [3.8, 4) is 0 Å². The molecule has 198 valence electrons. The molecule has 0 aliphatic carbocycles. The van der Waals surface area contributed by atoms with Gasteiger partial charge in [-0.25, -0.2) is 0 Å². The molecule has 0 unspecified atom stereocenters. The highest BCUT2D eigenvalue weighted by atomic mass is 16.7. The normalized spacial score (nSPS) is 11.8. The Morgan fingerprint density at radius 3 is 1.70 bits per heavy atom. The highest BCUT2D eigenvalue weighted by molar-refractivity contribution is 4.72. The first-order chi connectivity index (χ1) is 16.3. The third-order valence-corrected chi connectivity index (χ3v) is 5.90. The van der Waals surface area contributed by atoms with Gasteiger partial charge in [-0.3, -0.25) is 0 Å². The summed E-state index contributed by atoms with van der Waals surface area (Å²) >= 11 is 0. The van der Waals surface area contributed by atoms with Crippen LogP contribution in [0.15, 0.2) is 12.3 Å². The summed E-state index contributed by atoms with van der Waals surface area (Å²) < 4.78 is 22.9. The summed E-state index contributed by atoms with van der Waals surface area (Å²) in [6.45, 7) is 9.58. The summed E-state index contributed by atoms with van der Waals surface area (Å²) in [5, 5.41) is 0. The second-order valence-electron chi connectivity index (χ2n) is 9.26. The van der Waals surface area contributed by atoms with Gasteiger partial charge in [-0.2, -0.15) is 0 Å². The van der Waals surface area contributed by atoms with Crippen molar-refractivity contribution in [1.29, 1.82) is 0 Å². The first kappa shape index (κ1) is 32.4. The molecule has 0 aliphatic rings. The van der Waals surface area contributed by atoms with E-state index in [1.54, 1.807) is 6.26 Å². The zero-order valence-electron chi connectivity index (χ0n) is 22.6. The highest BCUT2D eigenvalue weighted by Gasteiger charge is 2.09. The summed E-state index contributed by atoms with van der Waals surface area (Å²) in [7, 11) is 0. The van der Waals surface area contributed by atoms with Gasteiger partial charge in [0.2, 0.25) is 0 Å². The smallest absolute Gasteiger partial charge is 0.188 e. The fraction of sp³-hybridized carbons (Fsp3) is 0.931. The van der Waals surface area contributed by atoms with Crippen LogP contribution in [0.4, 0.5) is 0 Å². The molecule has 0 aromatic heterocycles. The van der Waals surface area contributed by atoms with Gasteiger partial charge in [0.25, 0.3) is 0 Å². The minimum absolute atomic E-state index is 0.0131. The van der Waals surface area contributed by atoms with Crippen LogP contribution in [0.3, 0.4) is 0 Å². The summed E-state index contributed by atoms with van der Waals surface area (Å²) in [6.07, 6.45) is 27.4. The lowest BCUT2D eigenvalue weighted by atomic mass is 10.1. The molecule has 0 spiro atoms. The van der Waals surface area contributed by atoms with E-state index in [4.69, 9.17) is 18.9 Å². The molecule has 0 saturated carbocycles. The quantitative estimate of drug-likeness (QED) is 0.0648. The number of rotatable bonds is 28. The van der Waals surface area contributed by atoms with Gasteiger partial charge >= 0.3 is 0 Å². The maximum atomic E-state index is 6.01. The summed E-state index contributed by atoms with van der Waals surface area (Å²) in [6, 6.07) is 0. The van der Waals surface area contributed by atoms with Crippen LogP contribution in [-0.2, 0) is 18.9 Å². The zero-order valence-corrected chi connectivity index (χ0v) is 22.6. The van der Waals surface area contributed by atoms with Gasteiger partial charge in [0.1, 0.15) is 0 Å². The lowest BCUT2D eigenvalue weighted by molar-refractivity contribution is -0.148. The van der Waals surface area contributed by atoms with Gasteiger partial charge in [0, 0.05) is 13.2 Å². The van der Waals surface area contributed by atoms with E-state index in [0.717, 1.165) is 51.9 Å². The zero-order chi connectivity index (χ0) is 24.1. The standard InChI is InChI=1S/C29H58O4/c1-4-7-10-21-24-30-28-31-25-22-17-15-13-11-12-14-16-18-23-29(32-26-19-8-5-2)33-27-20-9-6-3/h22,25,29H,4-21,23-24,26-28H2,1-3H3. The first-order valence-corrected chi connectivity index (χ1v) is 14.4. The third-order valence-electron chi connectivity index (χ3n) is 5.90. The van der Waals surface area contributed by atoms with Crippen molar-refractivity contribution in [3.05, 3.63) is 12.3 Å². The van der Waals surface area contributed by atoms with Gasteiger partial charge in [-0.1, -0.05) is 97.8 Å². The molecule has 0 saturated heterocycles. The van der Waals surface area contributed by atoms with Crippen molar-refractivity contribution in [2.75, 3.05) is 26.6 Å². The van der Waals surface area contributed by atoms with E-state index >= 15 is 0 Å². The minimum atomic E-state index is 0.0131. The molecular weight excluding hydrogens is 412 g/mol. The van der Waals surface area contributed by atoms with Crippen LogP contribution in [0.1, 0.15) is 143 Å². The van der Waals surface area contributed by atoms with Gasteiger partial charge in [-0.05, 0) is 51.0 Å². The lowest BCUT2D eigenvalue weighted by Crippen LogP contribution is -2.19. The van der Waals surface area contributed by atoms with E-state index in [0.29, 0.717) is 6.79 Å². The van der Waals surface area contributed by atoms with Crippen LogP contribution >= 0.6 is 0 Å². The van der Waals surface area contributed by atoms with Crippen molar-refractivity contribution in [3.63, 3.8) is 0 Å². The predicted octanol–water partition coefficient (Wildman–Crippen LogP) is 9.32. The van der Waals surface area contributed by atoms with Crippen LogP contribution in [-0.4, -0.2) is 32.9 Å². The van der Waals surface area contributed by atoms with E-state index in [1.807, 2.05) is 0 Å². The molecule has 0 aromatic rings. The average Bonchev–Trinajstić information content (AvgIpc) is 2.83. The number of hydrogen-bond acceptors (Lipinski definition) is 4. The molecule has 0 rings (SSSR count). The molecule has 0 aromatic carbocycles. The Labute approximate surface area is 207 Å². The number of hydrogen-bond donors (Lipinski definition) is 0. The van der Waals surface area contributed by atoms with Crippen molar-refractivity contribution >= 4 is 0 Å². The number of unbranched alkanes of at least 4 members (excludes halogenated alkanes) is 14. The van der Waals surface area contributed by atoms with Crippen molar-refractivity contribution < 1.29 is 18.9 Å². The summed E-state index contributed by atoms with van der Waals surface area (Å²) in [5.74, 6) is 0. The molecular formula is C29H58O4. The maximum absolute atomic E-state index is 6.01. The number of allylic oxidation sites excluding steroid dienone is 1. The van der Waals surface area contributed by atoms with Gasteiger partial charge in [0.15, 0.2) is 13.1 Å². The molecule has 0 atom stereocenters. The molecule has 0 aliphatic heterocycles. The molecule has 0 bridgehead atoms. The Morgan fingerprint density at radius 1 is 0.545 bits per heavy atom. The van der Waals surface area contributed by atoms with E-state index in [-0.39, 0.29) is 6.29 Å². The molecule has 0 fully saturated rings. The summed E-state index contributed by atoms with van der Waals surface area (Å²) in [4.78, 5) is 0. The average molecular weight is 471 g/mol. The van der Waals surface area contributed by atoms with Gasteiger partial charge in [-0.15, -0.1) is 0 Å². The van der Waals surface area contributed by atoms with Crippen LogP contribution < -0.4 is 0 Å². The fourth-order valence-corrected chi connectivity index (χ4v) is 3.72. The van der Waals surface area contributed by atoms with Crippen LogP contribution in [0.25, 0.3) is 0 Å². The van der Waals surface area contributed by atoms with Crippen LogP contribution in [0, 0.1) is 0 Å². The van der Waals surface area contributed by atoms with Crippen molar-refractivity contribution in [1.82, 2.24) is 0 Å². The number of ether oxygens (including phenoxy) is 4. The van der Waals surface area contributed by atoms with E-state index in [2.05, 4.69) is 26.8 Å². The Morgan fingerprint density at radius 2 is 1.06 bits per heavy atom. The Bertz CT molecular complexity index is 361. The second kappa shape index (κ2) is 29.5. The monoisotopic (exact) mass is 470 g/mol. The first-order valence-electron chi connectivity index (χ1n) is 14.4. The maximum Gasteiger partial charge on any atom is 0.188 e. The molecule has 0 amide bonds. The summed E-state index contributed by atoms with van der Waals surface area (Å²) in [5.41, 5.74) is 0. The Balaban J connectivity index is 3.49. The topological polar surface area (TPSA) is 36.9 Å². The molecule has 4 nitrogen and oxygen atoms in total. The second-order valence-corrected chi connectivity index (χ2v) is 9.26. The van der Waals surface area contributed by atoms with Crippen molar-refractivity contribution in [2.24, 2.45) is 0 Å². The largest absolute Gasteiger partial charge is 0.475 e. The molecule has 0 N–H and O–H groups in total. The SMILES string of the molecule is CCCCCCOCOC=CCCCCCCCCCC(OCCCCC)OCCCCC. The highest BCUT2D eigenvalue weighted by Crippen LogP contribution is 2.14. The minimum Gasteiger partial charge on any atom is -0.475 e. The molecule has 0 radical (unpaired) electrons. The van der Waals surface area contributed by atoms with Crippen LogP contribution in [0.2, 0.25) is 0 Å². The van der Waals surface area contributed by atoms with Crippen molar-refractivity contribution in [2.45, 2.75) is 149 Å². The van der Waals surface area contributed by atoms with Gasteiger partial charge in [0.05, 0.1) is 12.9 Å². The van der Waals surface area contributed by atoms with E-state index < -0.39 is 0 Å². The predicted molar refractivity (Wildman–Crippen MR) is 141 cm³/mol. The fourth-order valence-electron chi connectivity index (χ4n) is 3.72. The van der Waals surface area contributed by atoms with E-state index in [9.17, 15) is 0 Å². The Kier molecular flexibility index (Phi) is 28.9. The lowest BCUT2D eigenvalue weighted by Gasteiger charge is -2.18. The molecule has 4 heteroatoms. The molecule has 33 heavy (non-hydrogen) atoms. The van der Waals surface area contributed by atoms with Crippen LogP contribution in [0.5, 0.6) is 0 Å². The third kappa shape index (κ3) is 27.5.